The number of hydrogen-bond donors (Lipinski definition) is 0. The molecule has 0 saturated heterocycles. The summed E-state index contributed by atoms with van der Waals surface area (Å²) in [5, 5.41) is 3.67. The summed E-state index contributed by atoms with van der Waals surface area (Å²) in [6, 6.07) is 62.1. The van der Waals surface area contributed by atoms with Crippen molar-refractivity contribution in [2.24, 2.45) is 0 Å². The van der Waals surface area contributed by atoms with Gasteiger partial charge in [0.05, 0.1) is 22.4 Å². The van der Waals surface area contributed by atoms with Gasteiger partial charge >= 0.3 is 6.85 Å². The zero-order valence-corrected chi connectivity index (χ0v) is 46.9. The van der Waals surface area contributed by atoms with Gasteiger partial charge in [-0.1, -0.05) is 195 Å². The lowest BCUT2D eigenvalue weighted by atomic mass is 9.43. The largest absolute Gasteiger partial charge is 0.454 e. The quantitative estimate of drug-likeness (QED) is 0.161. The summed E-state index contributed by atoms with van der Waals surface area (Å²) >= 11 is 0. The van der Waals surface area contributed by atoms with Gasteiger partial charge in [-0.25, -0.2) is 0 Å². The molecule has 0 atom stereocenters. The molecule has 0 aliphatic carbocycles. The molecule has 0 amide bonds. The van der Waals surface area contributed by atoms with Crippen LogP contribution in [0.5, 0.6) is 0 Å². The number of nitrogens with zero attached hydrogens (tertiary/aromatic N) is 3. The third-order valence-corrected chi connectivity index (χ3v) is 16.3. The summed E-state index contributed by atoms with van der Waals surface area (Å²) in [6.07, 6.45) is 0. The van der Waals surface area contributed by atoms with Gasteiger partial charge in [-0.05, 0) is 139 Å². The number of anilines is 5. The maximum absolute atomic E-state index is 7.63. The molecule has 0 saturated carbocycles. The normalized spacial score (nSPS) is 13.7. The minimum absolute atomic E-state index is 0.00216. The Balaban J connectivity index is 1.22. The number of aromatic nitrogens is 1. The number of fused-ring (bicyclic) bond motifs is 9. The highest BCUT2D eigenvalue weighted by atomic mass is 16.3. The lowest BCUT2D eigenvalue weighted by Gasteiger charge is -2.41. The smallest absolute Gasteiger partial charge is 0.333 e. The van der Waals surface area contributed by atoms with E-state index in [0.717, 1.165) is 39.8 Å². The molecule has 0 bridgehead atoms. The number of benzene rings is 8. The predicted molar refractivity (Wildman–Crippen MR) is 323 cm³/mol. The maximum Gasteiger partial charge on any atom is 0.333 e. The molecule has 0 spiro atoms. The van der Waals surface area contributed by atoms with Crippen LogP contribution < -0.4 is 20.6 Å². The number of furan rings is 1. The van der Waals surface area contributed by atoms with Gasteiger partial charge in [0.2, 0.25) is 0 Å². The first-order valence-corrected chi connectivity index (χ1v) is 27.2. The fourth-order valence-electron chi connectivity index (χ4n) is 12.0. The Hall–Kier alpha value is -7.24. The van der Waals surface area contributed by atoms with E-state index in [-0.39, 0.29) is 33.9 Å². The summed E-state index contributed by atoms with van der Waals surface area (Å²) in [4.78, 5) is 5.13. The molecule has 2 aromatic heterocycles. The van der Waals surface area contributed by atoms with Crippen LogP contribution in [0.4, 0.5) is 28.4 Å². The highest BCUT2D eigenvalue weighted by Crippen LogP contribution is 2.53. The van der Waals surface area contributed by atoms with Crippen LogP contribution in [0.2, 0.25) is 0 Å². The van der Waals surface area contributed by atoms with Crippen LogP contribution in [0.15, 0.2) is 168 Å². The SMILES string of the molecule is CC(C)(C)c1ccc(N2B3c4c(cc(C(C)(C)C)cc4-n4c5ccc(N(c6ccccc6)c6ccccc6-c6ccccc6)cc5c5cc(C(C)(C)C)cc3c54)-c3oc4c(C(C)(C)C)cc(C(C)(C)C)cc4c32)cc1. The minimum Gasteiger partial charge on any atom is -0.454 e. The van der Waals surface area contributed by atoms with Crippen molar-refractivity contribution < 1.29 is 4.42 Å². The Morgan fingerprint density at radius 2 is 1.04 bits per heavy atom. The van der Waals surface area contributed by atoms with Crippen LogP contribution in [-0.4, -0.2) is 11.4 Å². The number of hydrogen-bond acceptors (Lipinski definition) is 3. The molecule has 4 nitrogen and oxygen atoms in total. The summed E-state index contributed by atoms with van der Waals surface area (Å²) in [5.41, 5.74) is 22.4. The van der Waals surface area contributed by atoms with E-state index >= 15 is 0 Å². The molecule has 0 radical (unpaired) electrons. The molecule has 12 rings (SSSR count). The van der Waals surface area contributed by atoms with E-state index in [1.807, 2.05) is 0 Å². The van der Waals surface area contributed by atoms with Crippen molar-refractivity contribution in [1.29, 1.82) is 0 Å². The molecule has 2 aliphatic rings. The molecular formula is C70H72BN3O. The summed E-state index contributed by atoms with van der Waals surface area (Å²) < 4.78 is 10.3. The molecule has 10 aromatic rings. The van der Waals surface area contributed by atoms with E-state index in [1.54, 1.807) is 0 Å². The average Bonchev–Trinajstić information content (AvgIpc) is 3.91. The molecule has 0 unspecified atom stereocenters. The van der Waals surface area contributed by atoms with E-state index in [1.165, 1.54) is 88.3 Å². The van der Waals surface area contributed by atoms with Crippen molar-refractivity contribution in [2.75, 3.05) is 9.71 Å². The highest BCUT2D eigenvalue weighted by molar-refractivity contribution is 6.93. The Labute approximate surface area is 446 Å². The van der Waals surface area contributed by atoms with E-state index in [4.69, 9.17) is 4.42 Å². The van der Waals surface area contributed by atoms with Crippen molar-refractivity contribution >= 4 is 79.0 Å². The van der Waals surface area contributed by atoms with Crippen molar-refractivity contribution in [3.8, 4) is 28.1 Å². The Morgan fingerprint density at radius 1 is 0.453 bits per heavy atom. The monoisotopic (exact) mass is 982 g/mol. The van der Waals surface area contributed by atoms with Crippen molar-refractivity contribution in [3.63, 3.8) is 0 Å². The van der Waals surface area contributed by atoms with Gasteiger partial charge in [-0.15, -0.1) is 0 Å². The summed E-state index contributed by atoms with van der Waals surface area (Å²) in [7, 11) is 0. The molecule has 0 fully saturated rings. The molecule has 4 heterocycles. The second-order valence-corrected chi connectivity index (χ2v) is 26.8. The van der Waals surface area contributed by atoms with E-state index < -0.39 is 0 Å². The Bertz CT molecular complexity index is 3900. The summed E-state index contributed by atoms with van der Waals surface area (Å²) in [6.45, 7) is 34.9. The van der Waals surface area contributed by atoms with E-state index in [9.17, 15) is 0 Å². The first-order chi connectivity index (χ1) is 35.4. The van der Waals surface area contributed by atoms with Gasteiger partial charge in [0, 0.05) is 55.6 Å². The van der Waals surface area contributed by atoms with Gasteiger partial charge in [-0.3, -0.25) is 0 Å². The fraction of sp³-hybridized carbons (Fsp3) is 0.286. The standard InChI is InChI=1S/C70H72BN3O/c1-66(2,3)44-30-32-49(33-31-44)74-63-55-38-45(67(4,5)6)39-56(70(13,14)15)64(55)75-65(63)54-37-47(69(10,11)12)41-60-61(54)71(74)57-40-46(68(7,8)9)36-53-52-42-50(34-35-59(52)73(60)62(53)57)72(48-26-20-17-21-27-48)58-29-23-22-28-51(58)43-24-18-16-19-25-43/h16-42H,1-15H3. The first-order valence-electron chi connectivity index (χ1n) is 27.2. The van der Waals surface area contributed by atoms with Crippen molar-refractivity contribution in [3.05, 3.63) is 192 Å². The average molecular weight is 982 g/mol. The molecule has 8 aromatic carbocycles. The van der Waals surface area contributed by atoms with Gasteiger partial charge in [0.15, 0.2) is 5.76 Å². The van der Waals surface area contributed by atoms with E-state index in [2.05, 4.69) is 282 Å². The van der Waals surface area contributed by atoms with E-state index in [0.29, 0.717) is 0 Å². The number of rotatable bonds is 5. The van der Waals surface area contributed by atoms with Crippen LogP contribution in [0.1, 0.15) is 132 Å². The fourth-order valence-corrected chi connectivity index (χ4v) is 12.0. The van der Waals surface area contributed by atoms with Gasteiger partial charge in [0.25, 0.3) is 0 Å². The van der Waals surface area contributed by atoms with Gasteiger partial charge in [-0.2, -0.15) is 0 Å². The molecule has 376 valence electrons. The minimum atomic E-state index is -0.172. The van der Waals surface area contributed by atoms with Crippen LogP contribution in [0.25, 0.3) is 60.9 Å². The second-order valence-electron chi connectivity index (χ2n) is 26.8. The third-order valence-electron chi connectivity index (χ3n) is 16.3. The number of para-hydroxylation sites is 2. The zero-order chi connectivity index (χ0) is 52.9. The Morgan fingerprint density at radius 3 is 1.68 bits per heavy atom. The molecule has 5 heteroatoms. The Kier molecular flexibility index (Phi) is 10.8. The topological polar surface area (TPSA) is 24.6 Å². The highest BCUT2D eigenvalue weighted by Gasteiger charge is 2.48. The first kappa shape index (κ1) is 48.7. The second kappa shape index (κ2) is 16.6. The van der Waals surface area contributed by atoms with Gasteiger partial charge in [0.1, 0.15) is 5.58 Å². The van der Waals surface area contributed by atoms with Crippen LogP contribution in [0, 0.1) is 0 Å². The maximum atomic E-state index is 7.63. The molecule has 75 heavy (non-hydrogen) atoms. The van der Waals surface area contributed by atoms with Crippen molar-refractivity contribution in [2.45, 2.75) is 131 Å². The molecule has 0 N–H and O–H groups in total. The van der Waals surface area contributed by atoms with Crippen molar-refractivity contribution in [1.82, 2.24) is 4.57 Å². The van der Waals surface area contributed by atoms with Crippen LogP contribution in [0.3, 0.4) is 0 Å². The molecular weight excluding hydrogens is 910 g/mol. The summed E-state index contributed by atoms with van der Waals surface area (Å²) in [5.74, 6) is 0.945. The van der Waals surface area contributed by atoms with Gasteiger partial charge < -0.3 is 18.7 Å². The lowest BCUT2D eigenvalue weighted by Crippen LogP contribution is -2.60. The third kappa shape index (κ3) is 7.86. The van der Waals surface area contributed by atoms with Crippen LogP contribution in [-0.2, 0) is 27.1 Å². The molecule has 2 aliphatic heterocycles. The lowest BCUT2D eigenvalue weighted by molar-refractivity contribution is 0.553. The van der Waals surface area contributed by atoms with Crippen LogP contribution >= 0.6 is 0 Å². The zero-order valence-electron chi connectivity index (χ0n) is 46.9. The predicted octanol–water partition coefficient (Wildman–Crippen LogP) is 18.4.